The lowest BCUT2D eigenvalue weighted by Crippen LogP contribution is -2.32. The SMILES string of the molecule is CCOc1ccc(OCCNC(=O)Nc2cc(Cl)ccc2C)cc1. The van der Waals surface area contributed by atoms with Crippen LogP contribution >= 0.6 is 11.6 Å². The van der Waals surface area contributed by atoms with E-state index in [-0.39, 0.29) is 6.03 Å². The Labute approximate surface area is 146 Å². The van der Waals surface area contributed by atoms with E-state index in [1.165, 1.54) is 0 Å². The molecule has 5 nitrogen and oxygen atoms in total. The molecule has 2 N–H and O–H groups in total. The maximum atomic E-state index is 11.9. The van der Waals surface area contributed by atoms with E-state index in [9.17, 15) is 4.79 Å². The van der Waals surface area contributed by atoms with Crippen molar-refractivity contribution in [1.29, 1.82) is 0 Å². The zero-order valence-electron chi connectivity index (χ0n) is 13.8. The Hall–Kier alpha value is -2.40. The molecule has 0 aromatic heterocycles. The largest absolute Gasteiger partial charge is 0.494 e. The fourth-order valence-corrected chi connectivity index (χ4v) is 2.20. The van der Waals surface area contributed by atoms with E-state index in [0.717, 1.165) is 17.1 Å². The molecule has 24 heavy (non-hydrogen) atoms. The van der Waals surface area contributed by atoms with Crippen molar-refractivity contribution < 1.29 is 14.3 Å². The predicted octanol–water partition coefficient (Wildman–Crippen LogP) is 4.25. The number of halogens is 1. The second kappa shape index (κ2) is 9.03. The molecule has 0 spiro atoms. The van der Waals surface area contributed by atoms with Gasteiger partial charge >= 0.3 is 6.03 Å². The van der Waals surface area contributed by atoms with E-state index in [0.29, 0.717) is 30.5 Å². The number of aryl methyl sites for hydroxylation is 1. The molecule has 0 atom stereocenters. The number of nitrogens with one attached hydrogen (secondary N) is 2. The second-order valence-corrected chi connectivity index (χ2v) is 5.53. The number of amides is 2. The molecule has 0 saturated heterocycles. The summed E-state index contributed by atoms with van der Waals surface area (Å²) in [7, 11) is 0. The maximum Gasteiger partial charge on any atom is 0.319 e. The third-order valence-electron chi connectivity index (χ3n) is 3.24. The van der Waals surface area contributed by atoms with Crippen molar-refractivity contribution in [1.82, 2.24) is 5.32 Å². The van der Waals surface area contributed by atoms with E-state index >= 15 is 0 Å². The summed E-state index contributed by atoms with van der Waals surface area (Å²) < 4.78 is 10.9. The first-order valence-corrected chi connectivity index (χ1v) is 8.13. The molecule has 2 aromatic carbocycles. The van der Waals surface area contributed by atoms with Crippen LogP contribution in [0.3, 0.4) is 0 Å². The van der Waals surface area contributed by atoms with Gasteiger partial charge in [-0.15, -0.1) is 0 Å². The average Bonchev–Trinajstić information content (AvgIpc) is 2.57. The molecule has 0 aliphatic rings. The van der Waals surface area contributed by atoms with Crippen molar-refractivity contribution in [3.63, 3.8) is 0 Å². The zero-order chi connectivity index (χ0) is 17.4. The van der Waals surface area contributed by atoms with Gasteiger partial charge in [0.15, 0.2) is 0 Å². The number of ether oxygens (including phenoxy) is 2. The van der Waals surface area contributed by atoms with Crippen LogP contribution in [0.15, 0.2) is 42.5 Å². The number of urea groups is 1. The van der Waals surface area contributed by atoms with Crippen molar-refractivity contribution in [2.24, 2.45) is 0 Å². The standard InChI is InChI=1S/C18H21ClN2O3/c1-3-23-15-6-8-16(9-7-15)24-11-10-20-18(22)21-17-12-14(19)5-4-13(17)2/h4-9,12H,3,10-11H2,1-2H3,(H2,20,21,22). The first-order valence-electron chi connectivity index (χ1n) is 7.75. The van der Waals surface area contributed by atoms with Crippen molar-refractivity contribution in [3.8, 4) is 11.5 Å². The van der Waals surface area contributed by atoms with E-state index < -0.39 is 0 Å². The van der Waals surface area contributed by atoms with Gasteiger partial charge in [0, 0.05) is 10.7 Å². The molecule has 2 amide bonds. The second-order valence-electron chi connectivity index (χ2n) is 5.09. The molecule has 0 fully saturated rings. The Balaban J connectivity index is 1.71. The van der Waals surface area contributed by atoms with E-state index in [2.05, 4.69) is 10.6 Å². The highest BCUT2D eigenvalue weighted by molar-refractivity contribution is 6.31. The van der Waals surface area contributed by atoms with Gasteiger partial charge in [-0.2, -0.15) is 0 Å². The Morgan fingerprint density at radius 1 is 1.08 bits per heavy atom. The monoisotopic (exact) mass is 348 g/mol. The van der Waals surface area contributed by atoms with Gasteiger partial charge in [-0.1, -0.05) is 17.7 Å². The van der Waals surface area contributed by atoms with E-state index in [4.69, 9.17) is 21.1 Å². The summed E-state index contributed by atoms with van der Waals surface area (Å²) in [5.41, 5.74) is 1.63. The highest BCUT2D eigenvalue weighted by Gasteiger charge is 2.05. The molecule has 0 aliphatic carbocycles. The van der Waals surface area contributed by atoms with Gasteiger partial charge in [0.1, 0.15) is 18.1 Å². The minimum atomic E-state index is -0.296. The van der Waals surface area contributed by atoms with Crippen molar-refractivity contribution in [2.75, 3.05) is 25.1 Å². The molecule has 2 aromatic rings. The quantitative estimate of drug-likeness (QED) is 0.735. The molecule has 2 rings (SSSR count). The highest BCUT2D eigenvalue weighted by Crippen LogP contribution is 2.20. The Bertz CT molecular complexity index is 674. The number of hydrogen-bond acceptors (Lipinski definition) is 3. The van der Waals surface area contributed by atoms with Crippen LogP contribution < -0.4 is 20.1 Å². The highest BCUT2D eigenvalue weighted by atomic mass is 35.5. The Kier molecular flexibility index (Phi) is 6.75. The summed E-state index contributed by atoms with van der Waals surface area (Å²) in [4.78, 5) is 11.9. The molecule has 0 saturated carbocycles. The predicted molar refractivity (Wildman–Crippen MR) is 96.3 cm³/mol. The summed E-state index contributed by atoms with van der Waals surface area (Å²) >= 11 is 5.93. The molecule has 0 unspecified atom stereocenters. The van der Waals surface area contributed by atoms with Gasteiger partial charge in [-0.3, -0.25) is 0 Å². The Morgan fingerprint density at radius 3 is 2.42 bits per heavy atom. The van der Waals surface area contributed by atoms with Gasteiger partial charge in [0.2, 0.25) is 0 Å². The average molecular weight is 349 g/mol. The number of hydrogen-bond donors (Lipinski definition) is 2. The van der Waals surface area contributed by atoms with Crippen LogP contribution in [-0.2, 0) is 0 Å². The third-order valence-corrected chi connectivity index (χ3v) is 3.47. The van der Waals surface area contributed by atoms with Crippen LogP contribution in [0.5, 0.6) is 11.5 Å². The number of carbonyl (C=O) groups excluding carboxylic acids is 1. The summed E-state index contributed by atoms with van der Waals surface area (Å²) in [6, 6.07) is 12.4. The van der Waals surface area contributed by atoms with Crippen LogP contribution in [-0.4, -0.2) is 25.8 Å². The molecule has 0 radical (unpaired) electrons. The zero-order valence-corrected chi connectivity index (χ0v) is 14.5. The van der Waals surface area contributed by atoms with Gasteiger partial charge in [-0.25, -0.2) is 4.79 Å². The normalized spacial score (nSPS) is 10.1. The fraction of sp³-hybridized carbons (Fsp3) is 0.278. The lowest BCUT2D eigenvalue weighted by atomic mass is 10.2. The van der Waals surface area contributed by atoms with Crippen LogP contribution in [0.1, 0.15) is 12.5 Å². The van der Waals surface area contributed by atoms with Crippen molar-refractivity contribution in [2.45, 2.75) is 13.8 Å². The molecule has 0 bridgehead atoms. The van der Waals surface area contributed by atoms with Gasteiger partial charge in [0.05, 0.1) is 13.2 Å². The van der Waals surface area contributed by atoms with Crippen molar-refractivity contribution in [3.05, 3.63) is 53.1 Å². The van der Waals surface area contributed by atoms with Gasteiger partial charge in [0.25, 0.3) is 0 Å². The number of carbonyl (C=O) groups is 1. The van der Waals surface area contributed by atoms with Gasteiger partial charge < -0.3 is 20.1 Å². The molecular weight excluding hydrogens is 328 g/mol. The third kappa shape index (κ3) is 5.66. The molecule has 128 valence electrons. The lowest BCUT2D eigenvalue weighted by molar-refractivity contribution is 0.247. The fourth-order valence-electron chi connectivity index (χ4n) is 2.03. The minimum absolute atomic E-state index is 0.296. The number of anilines is 1. The molecular formula is C18H21ClN2O3. The Morgan fingerprint density at radius 2 is 1.75 bits per heavy atom. The number of benzene rings is 2. The first kappa shape index (κ1) is 17.9. The van der Waals surface area contributed by atoms with Crippen LogP contribution in [0.4, 0.5) is 10.5 Å². The molecule has 6 heteroatoms. The van der Waals surface area contributed by atoms with Gasteiger partial charge in [-0.05, 0) is 55.8 Å². The minimum Gasteiger partial charge on any atom is -0.494 e. The summed E-state index contributed by atoms with van der Waals surface area (Å²) in [5, 5.41) is 6.08. The van der Waals surface area contributed by atoms with Crippen LogP contribution in [0, 0.1) is 6.92 Å². The lowest BCUT2D eigenvalue weighted by Gasteiger charge is -2.11. The molecule has 0 heterocycles. The van der Waals surface area contributed by atoms with Crippen LogP contribution in [0.2, 0.25) is 5.02 Å². The van der Waals surface area contributed by atoms with Crippen molar-refractivity contribution >= 4 is 23.3 Å². The topological polar surface area (TPSA) is 59.6 Å². The first-order chi connectivity index (χ1) is 11.6. The maximum absolute atomic E-state index is 11.9. The summed E-state index contributed by atoms with van der Waals surface area (Å²) in [6.45, 7) is 5.23. The van der Waals surface area contributed by atoms with Crippen LogP contribution in [0.25, 0.3) is 0 Å². The van der Waals surface area contributed by atoms with E-state index in [1.807, 2.05) is 44.2 Å². The molecule has 0 aliphatic heterocycles. The summed E-state index contributed by atoms with van der Waals surface area (Å²) in [5.74, 6) is 1.53. The smallest absolute Gasteiger partial charge is 0.319 e. The summed E-state index contributed by atoms with van der Waals surface area (Å²) in [6.07, 6.45) is 0. The van der Waals surface area contributed by atoms with E-state index in [1.54, 1.807) is 12.1 Å². The number of rotatable bonds is 7.